The van der Waals surface area contributed by atoms with Gasteiger partial charge in [0.2, 0.25) is 5.88 Å². The van der Waals surface area contributed by atoms with Crippen LogP contribution in [0.3, 0.4) is 0 Å². The first-order chi connectivity index (χ1) is 12.8. The van der Waals surface area contributed by atoms with Crippen LogP contribution in [0.1, 0.15) is 22.3 Å². The third-order valence-corrected chi connectivity index (χ3v) is 4.88. The van der Waals surface area contributed by atoms with Gasteiger partial charge in [-0.05, 0) is 40.2 Å². The van der Waals surface area contributed by atoms with Gasteiger partial charge in [0.05, 0.1) is 24.8 Å². The van der Waals surface area contributed by atoms with Crippen LogP contribution in [0.4, 0.5) is 13.2 Å². The monoisotopic (exact) mass is 444 g/mol. The van der Waals surface area contributed by atoms with Gasteiger partial charge in [-0.3, -0.25) is 4.79 Å². The number of ether oxygens (including phenoxy) is 2. The highest BCUT2D eigenvalue weighted by atomic mass is 79.9. The molecule has 1 amide bonds. The molecule has 0 saturated carbocycles. The number of hydrogen-bond donors (Lipinski definition) is 0. The summed E-state index contributed by atoms with van der Waals surface area (Å²) in [6.45, 7) is 0.701. The van der Waals surface area contributed by atoms with Gasteiger partial charge in [0.15, 0.2) is 0 Å². The summed E-state index contributed by atoms with van der Waals surface area (Å²) in [5, 5.41) is 0. The van der Waals surface area contributed by atoms with Gasteiger partial charge < -0.3 is 14.4 Å². The fourth-order valence-corrected chi connectivity index (χ4v) is 3.21. The predicted molar refractivity (Wildman–Crippen MR) is 94.9 cm³/mol. The molecule has 1 aromatic carbocycles. The van der Waals surface area contributed by atoms with E-state index < -0.39 is 17.8 Å². The fourth-order valence-electron chi connectivity index (χ4n) is 2.80. The molecule has 3 rings (SSSR count). The lowest BCUT2D eigenvalue weighted by molar-refractivity contribution is -0.137. The summed E-state index contributed by atoms with van der Waals surface area (Å²) in [7, 11) is 1.51. The Labute approximate surface area is 162 Å². The van der Waals surface area contributed by atoms with Crippen LogP contribution in [-0.4, -0.2) is 42.1 Å². The van der Waals surface area contributed by atoms with E-state index >= 15 is 0 Å². The van der Waals surface area contributed by atoms with Crippen molar-refractivity contribution < 1.29 is 27.4 Å². The highest BCUT2D eigenvalue weighted by molar-refractivity contribution is 9.10. The number of aromatic nitrogens is 1. The van der Waals surface area contributed by atoms with Crippen molar-refractivity contribution >= 4 is 21.8 Å². The van der Waals surface area contributed by atoms with Crippen LogP contribution >= 0.6 is 15.9 Å². The minimum atomic E-state index is -4.46. The Balaban J connectivity index is 1.68. The smallest absolute Gasteiger partial charge is 0.416 e. The number of hydrogen-bond acceptors (Lipinski definition) is 4. The zero-order valence-electron chi connectivity index (χ0n) is 14.3. The molecule has 1 fully saturated rings. The molecule has 1 saturated heterocycles. The average Bonchev–Trinajstić information content (AvgIpc) is 3.09. The molecule has 0 bridgehead atoms. The summed E-state index contributed by atoms with van der Waals surface area (Å²) in [4.78, 5) is 18.2. The maximum absolute atomic E-state index is 12.8. The summed E-state index contributed by atoms with van der Waals surface area (Å²) in [5.74, 6) is 0.247. The number of methoxy groups -OCH3 is 1. The number of amides is 1. The minimum absolute atomic E-state index is 0.105. The van der Waals surface area contributed by atoms with Crippen LogP contribution in [0.5, 0.6) is 11.6 Å². The number of nitrogens with zero attached hydrogens (tertiary/aromatic N) is 2. The van der Waals surface area contributed by atoms with Crippen LogP contribution in [-0.2, 0) is 6.18 Å². The SMILES string of the molecule is COc1ccc(Br)c(C(=O)N2CC[C@H](Oc3cc(C(F)(F)F)ccn3)C2)c1. The summed E-state index contributed by atoms with van der Waals surface area (Å²) in [6.07, 6.45) is -3.32. The standard InChI is InChI=1S/C18H16BrF3N2O3/c1-26-12-2-3-15(19)14(9-12)17(25)24-7-5-13(10-24)27-16-8-11(4-6-23-16)18(20,21)22/h2-4,6,8-9,13H,5,7,10H2,1H3/t13-/m0/s1. The minimum Gasteiger partial charge on any atom is -0.497 e. The summed E-state index contributed by atoms with van der Waals surface area (Å²) in [6, 6.07) is 6.84. The van der Waals surface area contributed by atoms with Crippen molar-refractivity contribution in [2.45, 2.75) is 18.7 Å². The molecule has 9 heteroatoms. The zero-order valence-corrected chi connectivity index (χ0v) is 15.9. The molecule has 1 aromatic heterocycles. The summed E-state index contributed by atoms with van der Waals surface area (Å²) < 4.78 is 49.7. The fraction of sp³-hybridized carbons (Fsp3) is 0.333. The maximum Gasteiger partial charge on any atom is 0.416 e. The molecule has 2 heterocycles. The first kappa shape index (κ1) is 19.5. The van der Waals surface area contributed by atoms with Crippen molar-refractivity contribution in [3.05, 3.63) is 52.1 Å². The molecule has 0 N–H and O–H groups in total. The number of carbonyl (C=O) groups excluding carboxylic acids is 1. The molecule has 1 aliphatic heterocycles. The number of likely N-dealkylation sites (tertiary alicyclic amines) is 1. The van der Waals surface area contributed by atoms with Crippen LogP contribution in [0, 0.1) is 0 Å². The number of halogens is 4. The molecular formula is C18H16BrF3N2O3. The predicted octanol–water partition coefficient (Wildman–Crippen LogP) is 4.17. The second kappa shape index (κ2) is 7.75. The van der Waals surface area contributed by atoms with E-state index in [0.29, 0.717) is 28.8 Å². The van der Waals surface area contributed by atoms with Gasteiger partial charge >= 0.3 is 6.18 Å². The van der Waals surface area contributed by atoms with Crippen LogP contribution < -0.4 is 9.47 Å². The maximum atomic E-state index is 12.8. The quantitative estimate of drug-likeness (QED) is 0.710. The van der Waals surface area contributed by atoms with Gasteiger partial charge in [-0.2, -0.15) is 13.2 Å². The molecule has 5 nitrogen and oxygen atoms in total. The lowest BCUT2D eigenvalue weighted by Crippen LogP contribution is -2.31. The molecule has 0 unspecified atom stereocenters. The number of pyridine rings is 1. The third kappa shape index (κ3) is 4.52. The van der Waals surface area contributed by atoms with E-state index in [-0.39, 0.29) is 18.3 Å². The number of rotatable bonds is 4. The van der Waals surface area contributed by atoms with Gasteiger partial charge in [-0.25, -0.2) is 4.98 Å². The first-order valence-electron chi connectivity index (χ1n) is 8.10. The second-order valence-electron chi connectivity index (χ2n) is 6.01. The Bertz CT molecular complexity index is 845. The lowest BCUT2D eigenvalue weighted by atomic mass is 10.2. The molecule has 0 radical (unpaired) electrons. The van der Waals surface area contributed by atoms with Crippen molar-refractivity contribution in [1.29, 1.82) is 0 Å². The van der Waals surface area contributed by atoms with E-state index in [0.717, 1.165) is 18.3 Å². The Hall–Kier alpha value is -2.29. The van der Waals surface area contributed by atoms with Crippen LogP contribution in [0.15, 0.2) is 41.0 Å². The molecule has 1 aliphatic rings. The highest BCUT2D eigenvalue weighted by Crippen LogP contribution is 2.31. The van der Waals surface area contributed by atoms with Crippen molar-refractivity contribution in [3.63, 3.8) is 0 Å². The zero-order chi connectivity index (χ0) is 19.6. The van der Waals surface area contributed by atoms with Gasteiger partial charge in [0.1, 0.15) is 11.9 Å². The largest absolute Gasteiger partial charge is 0.497 e. The molecule has 0 aliphatic carbocycles. The summed E-state index contributed by atoms with van der Waals surface area (Å²) >= 11 is 3.35. The van der Waals surface area contributed by atoms with Gasteiger partial charge in [-0.1, -0.05) is 0 Å². The molecule has 2 aromatic rings. The Morgan fingerprint density at radius 3 is 2.78 bits per heavy atom. The van der Waals surface area contributed by atoms with Crippen molar-refractivity contribution in [1.82, 2.24) is 9.88 Å². The lowest BCUT2D eigenvalue weighted by Gasteiger charge is -2.18. The first-order valence-corrected chi connectivity index (χ1v) is 8.90. The average molecular weight is 445 g/mol. The van der Waals surface area contributed by atoms with E-state index in [4.69, 9.17) is 9.47 Å². The normalized spacial score (nSPS) is 17.1. The van der Waals surface area contributed by atoms with E-state index in [1.54, 1.807) is 23.1 Å². The van der Waals surface area contributed by atoms with Crippen LogP contribution in [0.2, 0.25) is 0 Å². The van der Waals surface area contributed by atoms with E-state index in [9.17, 15) is 18.0 Å². The molecule has 27 heavy (non-hydrogen) atoms. The van der Waals surface area contributed by atoms with Crippen molar-refractivity contribution in [2.24, 2.45) is 0 Å². The summed E-state index contributed by atoms with van der Waals surface area (Å²) in [5.41, 5.74) is -0.370. The molecule has 144 valence electrons. The molecule has 0 spiro atoms. The van der Waals surface area contributed by atoms with Crippen molar-refractivity contribution in [3.8, 4) is 11.6 Å². The van der Waals surface area contributed by atoms with E-state index in [1.165, 1.54) is 7.11 Å². The third-order valence-electron chi connectivity index (χ3n) is 4.19. The number of alkyl halides is 3. The Kier molecular flexibility index (Phi) is 5.59. The Morgan fingerprint density at radius 2 is 2.07 bits per heavy atom. The van der Waals surface area contributed by atoms with Crippen molar-refractivity contribution in [2.75, 3.05) is 20.2 Å². The molecular weight excluding hydrogens is 429 g/mol. The second-order valence-corrected chi connectivity index (χ2v) is 6.86. The van der Waals surface area contributed by atoms with Crippen LogP contribution in [0.25, 0.3) is 0 Å². The van der Waals surface area contributed by atoms with Gasteiger partial charge in [0, 0.05) is 29.7 Å². The highest BCUT2D eigenvalue weighted by Gasteiger charge is 2.33. The topological polar surface area (TPSA) is 51.7 Å². The number of benzene rings is 1. The Morgan fingerprint density at radius 1 is 1.30 bits per heavy atom. The van der Waals surface area contributed by atoms with Gasteiger partial charge in [-0.15, -0.1) is 0 Å². The van der Waals surface area contributed by atoms with Gasteiger partial charge in [0.25, 0.3) is 5.91 Å². The van der Waals surface area contributed by atoms with E-state index in [1.807, 2.05) is 0 Å². The molecule has 1 atom stereocenters. The van der Waals surface area contributed by atoms with E-state index in [2.05, 4.69) is 20.9 Å². The number of carbonyl (C=O) groups is 1.